The number of benzene rings is 2. The van der Waals surface area contributed by atoms with E-state index in [0.29, 0.717) is 0 Å². The minimum absolute atomic E-state index is 0.942. The molecular weight excluding hydrogens is 248 g/mol. The van der Waals surface area contributed by atoms with E-state index in [-0.39, 0.29) is 0 Å². The molecule has 0 aliphatic rings. The molecule has 0 aliphatic heterocycles. The Bertz CT molecular complexity index is 687. The Labute approximate surface area is 117 Å². The summed E-state index contributed by atoms with van der Waals surface area (Å²) in [5, 5.41) is 8.50. The monoisotopic (exact) mass is 262 g/mol. The van der Waals surface area contributed by atoms with Gasteiger partial charge in [0.25, 0.3) is 0 Å². The van der Waals surface area contributed by atoms with Crippen molar-refractivity contribution in [2.75, 3.05) is 5.43 Å². The molecule has 0 fully saturated rings. The minimum Gasteiger partial charge on any atom is -0.279 e. The average molecular weight is 262 g/mol. The van der Waals surface area contributed by atoms with E-state index < -0.39 is 0 Å². The number of hydrogen-bond acceptors (Lipinski definition) is 3. The highest BCUT2D eigenvalue weighted by Gasteiger charge is 1.97. The second-order valence-corrected chi connectivity index (χ2v) is 4.29. The first-order valence-corrected chi connectivity index (χ1v) is 6.36. The summed E-state index contributed by atoms with van der Waals surface area (Å²) in [7, 11) is 0. The van der Waals surface area contributed by atoms with Crippen LogP contribution in [-0.2, 0) is 0 Å². The highest BCUT2D eigenvalue weighted by atomic mass is 15.3. The lowest BCUT2D eigenvalue weighted by Crippen LogP contribution is -1.93. The fraction of sp³-hybridized carbons (Fsp3) is 0. The van der Waals surface area contributed by atoms with Crippen LogP contribution in [0.15, 0.2) is 78.2 Å². The number of hydrogen-bond donors (Lipinski definition) is 1. The fourth-order valence-corrected chi connectivity index (χ4v) is 1.82. The van der Waals surface area contributed by atoms with Gasteiger partial charge in [0.1, 0.15) is 0 Å². The molecular formula is C16H14N4. The quantitative estimate of drug-likeness (QED) is 0.579. The molecule has 2 aromatic carbocycles. The van der Waals surface area contributed by atoms with E-state index in [4.69, 9.17) is 0 Å². The number of hydrazone groups is 1. The van der Waals surface area contributed by atoms with Crippen molar-refractivity contribution in [1.29, 1.82) is 0 Å². The van der Waals surface area contributed by atoms with Gasteiger partial charge in [0, 0.05) is 11.8 Å². The molecule has 1 heterocycles. The molecule has 3 rings (SSSR count). The third-order valence-corrected chi connectivity index (χ3v) is 2.80. The molecule has 4 heteroatoms. The molecule has 0 saturated carbocycles. The van der Waals surface area contributed by atoms with E-state index >= 15 is 0 Å². The largest absolute Gasteiger partial charge is 0.279 e. The molecule has 0 bridgehead atoms. The van der Waals surface area contributed by atoms with E-state index in [1.165, 1.54) is 0 Å². The van der Waals surface area contributed by atoms with Crippen LogP contribution in [0.1, 0.15) is 5.56 Å². The molecule has 20 heavy (non-hydrogen) atoms. The maximum atomic E-state index is 4.31. The van der Waals surface area contributed by atoms with Crippen LogP contribution in [0.5, 0.6) is 0 Å². The van der Waals surface area contributed by atoms with Crippen molar-refractivity contribution in [2.45, 2.75) is 0 Å². The first-order chi connectivity index (χ1) is 9.92. The van der Waals surface area contributed by atoms with Crippen LogP contribution in [0.3, 0.4) is 0 Å². The lowest BCUT2D eigenvalue weighted by molar-refractivity contribution is 0.880. The molecule has 98 valence electrons. The van der Waals surface area contributed by atoms with Gasteiger partial charge in [-0.2, -0.15) is 10.2 Å². The molecule has 0 saturated heterocycles. The summed E-state index contributed by atoms with van der Waals surface area (Å²) >= 11 is 0. The Kier molecular flexibility index (Phi) is 3.55. The zero-order chi connectivity index (χ0) is 13.6. The van der Waals surface area contributed by atoms with Gasteiger partial charge in [0.05, 0.1) is 23.8 Å². The Morgan fingerprint density at radius 3 is 2.40 bits per heavy atom. The summed E-state index contributed by atoms with van der Waals surface area (Å²) in [6.07, 6.45) is 5.47. The Hall–Kier alpha value is -2.88. The van der Waals surface area contributed by atoms with Gasteiger partial charge in [-0.05, 0) is 24.3 Å². The number of nitrogens with zero attached hydrogens (tertiary/aromatic N) is 3. The Morgan fingerprint density at radius 2 is 1.65 bits per heavy atom. The first-order valence-electron chi connectivity index (χ1n) is 6.36. The molecule has 1 N–H and O–H groups in total. The van der Waals surface area contributed by atoms with Gasteiger partial charge in [-0.15, -0.1) is 0 Å². The van der Waals surface area contributed by atoms with Gasteiger partial charge < -0.3 is 0 Å². The molecule has 0 amide bonds. The third kappa shape index (κ3) is 2.92. The lowest BCUT2D eigenvalue weighted by atomic mass is 10.3. The van der Waals surface area contributed by atoms with Crippen molar-refractivity contribution < 1.29 is 0 Å². The van der Waals surface area contributed by atoms with Crippen LogP contribution in [0.4, 0.5) is 5.69 Å². The van der Waals surface area contributed by atoms with Gasteiger partial charge in [0.15, 0.2) is 0 Å². The number of para-hydroxylation sites is 2. The van der Waals surface area contributed by atoms with Gasteiger partial charge in [-0.1, -0.05) is 36.4 Å². The number of anilines is 1. The van der Waals surface area contributed by atoms with E-state index in [1.807, 2.05) is 71.5 Å². The van der Waals surface area contributed by atoms with Crippen LogP contribution >= 0.6 is 0 Å². The average Bonchev–Trinajstić information content (AvgIpc) is 2.98. The van der Waals surface area contributed by atoms with Crippen molar-refractivity contribution in [3.8, 4) is 5.69 Å². The van der Waals surface area contributed by atoms with Gasteiger partial charge in [0.2, 0.25) is 0 Å². The Balaban J connectivity index is 1.69. The van der Waals surface area contributed by atoms with Crippen LogP contribution < -0.4 is 5.43 Å². The van der Waals surface area contributed by atoms with E-state index in [1.54, 1.807) is 12.4 Å². The van der Waals surface area contributed by atoms with Crippen LogP contribution in [-0.4, -0.2) is 16.0 Å². The van der Waals surface area contributed by atoms with Crippen molar-refractivity contribution in [1.82, 2.24) is 9.78 Å². The highest BCUT2D eigenvalue weighted by Crippen LogP contribution is 2.07. The highest BCUT2D eigenvalue weighted by molar-refractivity contribution is 5.79. The molecule has 0 spiro atoms. The number of nitrogens with one attached hydrogen (secondary N) is 1. The lowest BCUT2D eigenvalue weighted by Gasteiger charge is -1.98. The van der Waals surface area contributed by atoms with Crippen LogP contribution in [0, 0.1) is 0 Å². The molecule has 0 atom stereocenters. The van der Waals surface area contributed by atoms with Crippen molar-refractivity contribution in [2.24, 2.45) is 5.10 Å². The zero-order valence-electron chi connectivity index (χ0n) is 10.8. The Morgan fingerprint density at radius 1 is 0.950 bits per heavy atom. The summed E-state index contributed by atoms with van der Waals surface area (Å²) in [5.41, 5.74) is 5.90. The van der Waals surface area contributed by atoms with Crippen molar-refractivity contribution in [3.05, 3.63) is 78.6 Å². The molecule has 3 aromatic rings. The van der Waals surface area contributed by atoms with Crippen molar-refractivity contribution >= 4 is 11.9 Å². The van der Waals surface area contributed by atoms with E-state index in [0.717, 1.165) is 16.9 Å². The number of rotatable bonds is 4. The second kappa shape index (κ2) is 5.84. The van der Waals surface area contributed by atoms with Gasteiger partial charge in [-0.3, -0.25) is 5.43 Å². The second-order valence-electron chi connectivity index (χ2n) is 4.29. The smallest absolute Gasteiger partial charge is 0.0645 e. The SMILES string of the molecule is C(=NNc1ccccc1)c1cnn(-c2ccccc2)c1. The summed E-state index contributed by atoms with van der Waals surface area (Å²) in [4.78, 5) is 0. The van der Waals surface area contributed by atoms with E-state index in [9.17, 15) is 0 Å². The summed E-state index contributed by atoms with van der Waals surface area (Å²) in [6, 6.07) is 19.8. The topological polar surface area (TPSA) is 42.2 Å². The molecule has 0 aliphatic carbocycles. The standard InChI is InChI=1S/C16H14N4/c1-3-7-15(8-4-1)19-17-11-14-12-18-20(13-14)16-9-5-2-6-10-16/h1-13,19H. The third-order valence-electron chi connectivity index (χ3n) is 2.80. The van der Waals surface area contributed by atoms with Crippen LogP contribution in [0.2, 0.25) is 0 Å². The maximum Gasteiger partial charge on any atom is 0.0645 e. The first kappa shape index (κ1) is 12.2. The molecule has 1 aromatic heterocycles. The number of aromatic nitrogens is 2. The van der Waals surface area contributed by atoms with E-state index in [2.05, 4.69) is 15.6 Å². The minimum atomic E-state index is 0.942. The predicted molar refractivity (Wildman–Crippen MR) is 81.2 cm³/mol. The van der Waals surface area contributed by atoms with Crippen molar-refractivity contribution in [3.63, 3.8) is 0 Å². The van der Waals surface area contributed by atoms with Gasteiger partial charge >= 0.3 is 0 Å². The van der Waals surface area contributed by atoms with Gasteiger partial charge in [-0.25, -0.2) is 4.68 Å². The zero-order valence-corrected chi connectivity index (χ0v) is 10.8. The van der Waals surface area contributed by atoms with Crippen LogP contribution in [0.25, 0.3) is 5.69 Å². The molecule has 4 nitrogen and oxygen atoms in total. The normalized spacial score (nSPS) is 10.8. The maximum absolute atomic E-state index is 4.31. The fourth-order valence-electron chi connectivity index (χ4n) is 1.82. The summed E-state index contributed by atoms with van der Waals surface area (Å²) < 4.78 is 1.82. The summed E-state index contributed by atoms with van der Waals surface area (Å²) in [6.45, 7) is 0. The molecule has 0 radical (unpaired) electrons. The molecule has 0 unspecified atom stereocenters. The predicted octanol–water partition coefficient (Wildman–Crippen LogP) is 3.32. The summed E-state index contributed by atoms with van der Waals surface area (Å²) in [5.74, 6) is 0.